The lowest BCUT2D eigenvalue weighted by molar-refractivity contribution is 0.562. The molecule has 1 unspecified atom stereocenters. The summed E-state index contributed by atoms with van der Waals surface area (Å²) >= 11 is 0. The molecule has 2 N–H and O–H groups in total. The fourth-order valence-electron chi connectivity index (χ4n) is 2.50. The molecule has 0 aliphatic carbocycles. The second-order valence-electron chi connectivity index (χ2n) is 4.82. The smallest absolute Gasteiger partial charge is 0.154 e. The van der Waals surface area contributed by atoms with Crippen LogP contribution < -0.4 is 10.6 Å². The fourth-order valence-corrected chi connectivity index (χ4v) is 4.06. The van der Waals surface area contributed by atoms with Crippen LogP contribution in [0.15, 0.2) is 0 Å². The Balaban J connectivity index is 2.36. The molecule has 0 radical (unpaired) electrons. The SMILES string of the molecule is CCc1nn(C)c(N2CCS(=O)(=O)CC2C)c1N. The predicted octanol–water partition coefficient (Wildman–Crippen LogP) is 0.188. The molecule has 0 bridgehead atoms. The molecular weight excluding hydrogens is 252 g/mol. The highest BCUT2D eigenvalue weighted by Gasteiger charge is 2.31. The van der Waals surface area contributed by atoms with Crippen LogP contribution in [0.3, 0.4) is 0 Å². The van der Waals surface area contributed by atoms with Crippen molar-refractivity contribution >= 4 is 21.3 Å². The van der Waals surface area contributed by atoms with Crippen molar-refractivity contribution in [2.45, 2.75) is 26.3 Å². The molecule has 0 saturated carbocycles. The highest BCUT2D eigenvalue weighted by molar-refractivity contribution is 7.91. The second kappa shape index (κ2) is 4.46. The third-order valence-corrected chi connectivity index (χ3v) is 5.20. The van der Waals surface area contributed by atoms with Crippen LogP contribution in [-0.2, 0) is 23.3 Å². The van der Waals surface area contributed by atoms with E-state index in [0.29, 0.717) is 12.2 Å². The average molecular weight is 272 g/mol. The first-order valence-corrected chi connectivity index (χ1v) is 7.96. The van der Waals surface area contributed by atoms with Gasteiger partial charge in [-0.25, -0.2) is 8.42 Å². The summed E-state index contributed by atoms with van der Waals surface area (Å²) < 4.78 is 24.9. The van der Waals surface area contributed by atoms with E-state index in [1.165, 1.54) is 0 Å². The minimum absolute atomic E-state index is 0.0637. The Hall–Kier alpha value is -1.24. The summed E-state index contributed by atoms with van der Waals surface area (Å²) in [4.78, 5) is 2.04. The fraction of sp³-hybridized carbons (Fsp3) is 0.727. The van der Waals surface area contributed by atoms with Crippen molar-refractivity contribution in [3.8, 4) is 0 Å². The van der Waals surface area contributed by atoms with E-state index in [-0.39, 0.29) is 17.5 Å². The van der Waals surface area contributed by atoms with E-state index in [1.807, 2.05) is 25.8 Å². The normalized spacial score (nSPS) is 23.3. The monoisotopic (exact) mass is 272 g/mol. The molecule has 1 aromatic rings. The molecule has 6 nitrogen and oxygen atoms in total. The van der Waals surface area contributed by atoms with Gasteiger partial charge in [0.15, 0.2) is 15.7 Å². The van der Waals surface area contributed by atoms with Crippen molar-refractivity contribution in [1.29, 1.82) is 0 Å². The van der Waals surface area contributed by atoms with Gasteiger partial charge in [0.2, 0.25) is 0 Å². The van der Waals surface area contributed by atoms with Crippen molar-refractivity contribution in [3.05, 3.63) is 5.69 Å². The molecule has 18 heavy (non-hydrogen) atoms. The molecule has 1 atom stereocenters. The minimum atomic E-state index is -2.91. The average Bonchev–Trinajstić information content (AvgIpc) is 2.54. The van der Waals surface area contributed by atoms with Gasteiger partial charge in [-0.3, -0.25) is 4.68 Å². The summed E-state index contributed by atoms with van der Waals surface area (Å²) in [5.74, 6) is 1.21. The van der Waals surface area contributed by atoms with E-state index >= 15 is 0 Å². The van der Waals surface area contributed by atoms with E-state index in [4.69, 9.17) is 5.73 Å². The van der Waals surface area contributed by atoms with Crippen LogP contribution in [-0.4, -0.2) is 42.3 Å². The zero-order chi connectivity index (χ0) is 13.5. The molecule has 1 aliphatic rings. The summed E-state index contributed by atoms with van der Waals surface area (Å²) in [5.41, 5.74) is 7.64. The molecule has 1 fully saturated rings. The molecule has 7 heteroatoms. The summed E-state index contributed by atoms with van der Waals surface area (Å²) in [5, 5.41) is 4.38. The van der Waals surface area contributed by atoms with Gasteiger partial charge in [0.1, 0.15) is 0 Å². The van der Waals surface area contributed by atoms with Crippen LogP contribution in [0.2, 0.25) is 0 Å². The maximum atomic E-state index is 11.6. The molecule has 0 aromatic carbocycles. The third kappa shape index (κ3) is 2.19. The largest absolute Gasteiger partial charge is 0.394 e. The van der Waals surface area contributed by atoms with Crippen LogP contribution in [0.1, 0.15) is 19.5 Å². The molecule has 102 valence electrons. The minimum Gasteiger partial charge on any atom is -0.394 e. The lowest BCUT2D eigenvalue weighted by atomic mass is 10.2. The Bertz CT molecular complexity index is 550. The molecule has 1 saturated heterocycles. The van der Waals surface area contributed by atoms with E-state index < -0.39 is 9.84 Å². The quantitative estimate of drug-likeness (QED) is 0.831. The van der Waals surface area contributed by atoms with Crippen LogP contribution in [0.4, 0.5) is 11.5 Å². The highest BCUT2D eigenvalue weighted by atomic mass is 32.2. The van der Waals surface area contributed by atoms with Gasteiger partial charge in [-0.1, -0.05) is 6.92 Å². The zero-order valence-corrected chi connectivity index (χ0v) is 11.9. The van der Waals surface area contributed by atoms with Gasteiger partial charge in [-0.15, -0.1) is 0 Å². The summed E-state index contributed by atoms with van der Waals surface area (Å²) in [6.07, 6.45) is 0.778. The van der Waals surface area contributed by atoms with Gasteiger partial charge in [0.25, 0.3) is 0 Å². The lowest BCUT2D eigenvalue weighted by Gasteiger charge is -2.35. The third-order valence-electron chi connectivity index (χ3n) is 3.41. The highest BCUT2D eigenvalue weighted by Crippen LogP contribution is 2.29. The number of sulfone groups is 1. The van der Waals surface area contributed by atoms with Crippen molar-refractivity contribution in [3.63, 3.8) is 0 Å². The number of aryl methyl sites for hydroxylation is 2. The number of hydrogen-bond acceptors (Lipinski definition) is 5. The number of nitrogen functional groups attached to an aromatic ring is 1. The second-order valence-corrected chi connectivity index (χ2v) is 7.05. The van der Waals surface area contributed by atoms with Crippen molar-refractivity contribution < 1.29 is 8.42 Å². The molecular formula is C11H20N4O2S. The van der Waals surface area contributed by atoms with Crippen LogP contribution in [0, 0.1) is 0 Å². The van der Waals surface area contributed by atoms with Crippen molar-refractivity contribution in [2.75, 3.05) is 28.7 Å². The maximum absolute atomic E-state index is 11.6. The molecule has 1 aromatic heterocycles. The Morgan fingerprint density at radius 1 is 1.50 bits per heavy atom. The van der Waals surface area contributed by atoms with Gasteiger partial charge in [0.05, 0.1) is 22.9 Å². The van der Waals surface area contributed by atoms with Crippen molar-refractivity contribution in [1.82, 2.24) is 9.78 Å². The Morgan fingerprint density at radius 3 is 2.67 bits per heavy atom. The van der Waals surface area contributed by atoms with Crippen LogP contribution in [0.25, 0.3) is 0 Å². The zero-order valence-electron chi connectivity index (χ0n) is 11.0. The van der Waals surface area contributed by atoms with Crippen molar-refractivity contribution in [2.24, 2.45) is 7.05 Å². The lowest BCUT2D eigenvalue weighted by Crippen LogP contribution is -2.48. The summed E-state index contributed by atoms with van der Waals surface area (Å²) in [6, 6.07) is -0.0637. The first kappa shape index (κ1) is 13.2. The molecule has 2 heterocycles. The van der Waals surface area contributed by atoms with Gasteiger partial charge in [-0.05, 0) is 13.3 Å². The maximum Gasteiger partial charge on any atom is 0.154 e. The molecule has 1 aliphatic heterocycles. The topological polar surface area (TPSA) is 81.2 Å². The van der Waals surface area contributed by atoms with Crippen LogP contribution in [0.5, 0.6) is 0 Å². The van der Waals surface area contributed by atoms with E-state index in [2.05, 4.69) is 5.10 Å². The number of aromatic nitrogens is 2. The first-order valence-electron chi connectivity index (χ1n) is 6.14. The molecule has 0 spiro atoms. The van der Waals surface area contributed by atoms with Gasteiger partial charge in [-0.2, -0.15) is 5.10 Å². The predicted molar refractivity (Wildman–Crippen MR) is 72.5 cm³/mol. The Kier molecular flexibility index (Phi) is 3.27. The number of anilines is 2. The van der Waals surface area contributed by atoms with Gasteiger partial charge >= 0.3 is 0 Å². The number of hydrogen-bond donors (Lipinski definition) is 1. The van der Waals surface area contributed by atoms with Gasteiger partial charge in [0, 0.05) is 19.6 Å². The number of nitrogens with zero attached hydrogens (tertiary/aromatic N) is 3. The summed E-state index contributed by atoms with van der Waals surface area (Å²) in [7, 11) is -1.06. The summed E-state index contributed by atoms with van der Waals surface area (Å²) in [6.45, 7) is 4.40. The Labute approximate surface area is 108 Å². The first-order chi connectivity index (χ1) is 8.35. The Morgan fingerprint density at radius 2 is 2.17 bits per heavy atom. The van der Waals surface area contributed by atoms with E-state index in [0.717, 1.165) is 17.9 Å². The van der Waals surface area contributed by atoms with E-state index in [9.17, 15) is 8.42 Å². The number of nitrogens with two attached hydrogens (primary N) is 1. The molecule has 0 amide bonds. The number of rotatable bonds is 2. The van der Waals surface area contributed by atoms with Gasteiger partial charge < -0.3 is 10.6 Å². The standard InChI is InChI=1S/C11H20N4O2S/c1-4-9-10(12)11(14(3)13-9)15-5-6-18(16,17)7-8(15)2/h8H,4-7,12H2,1-3H3. The molecule has 2 rings (SSSR count). The van der Waals surface area contributed by atoms with Crippen LogP contribution >= 0.6 is 0 Å². The van der Waals surface area contributed by atoms with E-state index in [1.54, 1.807) is 4.68 Å².